The Morgan fingerprint density at radius 2 is 2.46 bits per heavy atom. The van der Waals surface area contributed by atoms with E-state index in [1.54, 1.807) is 0 Å². The second-order valence-electron chi connectivity index (χ2n) is 3.54. The van der Waals surface area contributed by atoms with Gasteiger partial charge in [0.15, 0.2) is 0 Å². The van der Waals surface area contributed by atoms with Gasteiger partial charge in [-0.2, -0.15) is 0 Å². The largest absolute Gasteiger partial charge is 0.396 e. The van der Waals surface area contributed by atoms with Crippen LogP contribution in [0.25, 0.3) is 0 Å². The van der Waals surface area contributed by atoms with E-state index >= 15 is 0 Å². The van der Waals surface area contributed by atoms with Gasteiger partial charge in [-0.3, -0.25) is 9.69 Å². The van der Waals surface area contributed by atoms with Crippen LogP contribution in [0.4, 0.5) is 0 Å². The van der Waals surface area contributed by atoms with Crippen molar-refractivity contribution in [3.8, 4) is 0 Å². The van der Waals surface area contributed by atoms with Crippen molar-refractivity contribution in [2.45, 2.75) is 25.8 Å². The van der Waals surface area contributed by atoms with Crippen molar-refractivity contribution in [2.24, 2.45) is 0 Å². The number of hydrogen-bond donors (Lipinski definition) is 2. The normalized spacial score (nSPS) is 22.2. The molecule has 0 bridgehead atoms. The van der Waals surface area contributed by atoms with Crippen LogP contribution >= 0.6 is 0 Å². The molecular formula is C9H18N2O2. The first-order valence-corrected chi connectivity index (χ1v) is 4.85. The first-order valence-electron chi connectivity index (χ1n) is 4.85. The zero-order valence-corrected chi connectivity index (χ0v) is 8.12. The standard InChI is InChI=1S/C9H18N2O2/c1-8(3-6-12)11-5-2-4-10-9(13)7-11/h8,12H,2-7H2,1H3,(H,10,13). The van der Waals surface area contributed by atoms with Crippen molar-refractivity contribution in [2.75, 3.05) is 26.2 Å². The van der Waals surface area contributed by atoms with E-state index in [-0.39, 0.29) is 12.5 Å². The Balaban J connectivity index is 2.42. The highest BCUT2D eigenvalue weighted by Crippen LogP contribution is 2.05. The molecule has 1 heterocycles. The number of nitrogens with zero attached hydrogens (tertiary/aromatic N) is 1. The third-order valence-electron chi connectivity index (χ3n) is 2.46. The first kappa shape index (κ1) is 10.5. The lowest BCUT2D eigenvalue weighted by Gasteiger charge is -2.25. The summed E-state index contributed by atoms with van der Waals surface area (Å²) in [5, 5.41) is 11.6. The SMILES string of the molecule is CC(CCO)N1CCCNC(=O)C1. The lowest BCUT2D eigenvalue weighted by atomic mass is 10.2. The van der Waals surface area contributed by atoms with Crippen LogP contribution in [0.15, 0.2) is 0 Å². The molecule has 0 spiro atoms. The van der Waals surface area contributed by atoms with Crippen LogP contribution in [-0.4, -0.2) is 48.2 Å². The molecule has 1 amide bonds. The highest BCUT2D eigenvalue weighted by Gasteiger charge is 2.18. The Morgan fingerprint density at radius 3 is 3.15 bits per heavy atom. The number of hydrogen-bond acceptors (Lipinski definition) is 3. The Kier molecular flexibility index (Phi) is 4.18. The van der Waals surface area contributed by atoms with Crippen LogP contribution in [-0.2, 0) is 4.79 Å². The van der Waals surface area contributed by atoms with Gasteiger partial charge in [-0.1, -0.05) is 0 Å². The molecule has 13 heavy (non-hydrogen) atoms. The van der Waals surface area contributed by atoms with Crippen LogP contribution in [0.1, 0.15) is 19.8 Å². The third kappa shape index (κ3) is 3.32. The summed E-state index contributed by atoms with van der Waals surface area (Å²) in [7, 11) is 0. The van der Waals surface area contributed by atoms with E-state index in [0.717, 1.165) is 25.9 Å². The molecule has 0 aromatic rings. The maximum Gasteiger partial charge on any atom is 0.234 e. The zero-order chi connectivity index (χ0) is 9.68. The average molecular weight is 186 g/mol. The fourth-order valence-corrected chi connectivity index (χ4v) is 1.58. The quantitative estimate of drug-likeness (QED) is 0.629. The summed E-state index contributed by atoms with van der Waals surface area (Å²) in [6.07, 6.45) is 1.74. The molecule has 4 nitrogen and oxygen atoms in total. The minimum absolute atomic E-state index is 0.0993. The van der Waals surface area contributed by atoms with E-state index < -0.39 is 0 Å². The van der Waals surface area contributed by atoms with Crippen LogP contribution in [0.3, 0.4) is 0 Å². The molecule has 0 saturated carbocycles. The first-order chi connectivity index (χ1) is 6.24. The van der Waals surface area contributed by atoms with Gasteiger partial charge < -0.3 is 10.4 Å². The van der Waals surface area contributed by atoms with Crippen LogP contribution < -0.4 is 5.32 Å². The molecule has 1 aliphatic rings. The minimum atomic E-state index is 0.0993. The van der Waals surface area contributed by atoms with Gasteiger partial charge in [-0.05, 0) is 19.8 Å². The van der Waals surface area contributed by atoms with Gasteiger partial charge in [-0.15, -0.1) is 0 Å². The molecule has 1 fully saturated rings. The summed E-state index contributed by atoms with van der Waals surface area (Å²) in [5.74, 6) is 0.0993. The van der Waals surface area contributed by atoms with Gasteiger partial charge in [0.1, 0.15) is 0 Å². The summed E-state index contributed by atoms with van der Waals surface area (Å²) in [6, 6.07) is 0.300. The van der Waals surface area contributed by atoms with E-state index in [0.29, 0.717) is 12.6 Å². The van der Waals surface area contributed by atoms with Crippen molar-refractivity contribution in [1.82, 2.24) is 10.2 Å². The number of amides is 1. The molecule has 0 aliphatic carbocycles. The van der Waals surface area contributed by atoms with Crippen molar-refractivity contribution < 1.29 is 9.90 Å². The highest BCUT2D eigenvalue weighted by atomic mass is 16.3. The Morgan fingerprint density at radius 1 is 1.69 bits per heavy atom. The Labute approximate surface area is 78.9 Å². The Bertz CT molecular complexity index is 173. The smallest absolute Gasteiger partial charge is 0.234 e. The molecule has 0 radical (unpaired) electrons. The summed E-state index contributed by atoms with van der Waals surface area (Å²) in [5.41, 5.74) is 0. The number of aliphatic hydroxyl groups excluding tert-OH is 1. The molecule has 1 atom stereocenters. The number of nitrogens with one attached hydrogen (secondary N) is 1. The van der Waals surface area contributed by atoms with Crippen LogP contribution in [0.5, 0.6) is 0 Å². The fourth-order valence-electron chi connectivity index (χ4n) is 1.58. The Hall–Kier alpha value is -0.610. The van der Waals surface area contributed by atoms with E-state index in [1.807, 2.05) is 0 Å². The molecule has 76 valence electrons. The van der Waals surface area contributed by atoms with Gasteiger partial charge in [0, 0.05) is 25.7 Å². The summed E-state index contributed by atoms with van der Waals surface area (Å²) in [6.45, 7) is 4.44. The van der Waals surface area contributed by atoms with E-state index in [2.05, 4.69) is 17.1 Å². The molecule has 1 saturated heterocycles. The molecular weight excluding hydrogens is 168 g/mol. The van der Waals surface area contributed by atoms with Gasteiger partial charge in [0.2, 0.25) is 5.91 Å². The molecule has 1 unspecified atom stereocenters. The van der Waals surface area contributed by atoms with Crippen LogP contribution in [0, 0.1) is 0 Å². The maximum absolute atomic E-state index is 11.2. The monoisotopic (exact) mass is 186 g/mol. The van der Waals surface area contributed by atoms with E-state index in [9.17, 15) is 4.79 Å². The third-order valence-corrected chi connectivity index (χ3v) is 2.46. The summed E-state index contributed by atoms with van der Waals surface area (Å²) in [4.78, 5) is 13.3. The molecule has 1 aliphatic heterocycles. The predicted octanol–water partition coefficient (Wildman–Crippen LogP) is -0.421. The van der Waals surface area contributed by atoms with Crippen molar-refractivity contribution in [1.29, 1.82) is 0 Å². The molecule has 0 aromatic heterocycles. The molecule has 2 N–H and O–H groups in total. The second kappa shape index (κ2) is 5.19. The second-order valence-corrected chi connectivity index (χ2v) is 3.54. The zero-order valence-electron chi connectivity index (χ0n) is 8.12. The van der Waals surface area contributed by atoms with Gasteiger partial charge in [0.05, 0.1) is 6.54 Å². The van der Waals surface area contributed by atoms with Crippen molar-refractivity contribution in [3.63, 3.8) is 0 Å². The molecule has 4 heteroatoms. The van der Waals surface area contributed by atoms with Crippen molar-refractivity contribution in [3.05, 3.63) is 0 Å². The van der Waals surface area contributed by atoms with Crippen LogP contribution in [0.2, 0.25) is 0 Å². The fraction of sp³-hybridized carbons (Fsp3) is 0.889. The van der Waals surface area contributed by atoms with E-state index in [1.165, 1.54) is 0 Å². The topological polar surface area (TPSA) is 52.6 Å². The number of carbonyl (C=O) groups excluding carboxylic acids is 1. The molecule has 0 aromatic carbocycles. The summed E-state index contributed by atoms with van der Waals surface area (Å²) < 4.78 is 0. The average Bonchev–Trinajstić information content (AvgIpc) is 2.30. The number of rotatable bonds is 3. The van der Waals surface area contributed by atoms with Crippen molar-refractivity contribution >= 4 is 5.91 Å². The lowest BCUT2D eigenvalue weighted by Crippen LogP contribution is -2.39. The van der Waals surface area contributed by atoms with E-state index in [4.69, 9.17) is 5.11 Å². The minimum Gasteiger partial charge on any atom is -0.396 e. The summed E-state index contributed by atoms with van der Waals surface area (Å²) >= 11 is 0. The predicted molar refractivity (Wildman–Crippen MR) is 50.4 cm³/mol. The maximum atomic E-state index is 11.2. The molecule has 1 rings (SSSR count). The number of carbonyl (C=O) groups is 1. The highest BCUT2D eigenvalue weighted by molar-refractivity contribution is 5.78. The van der Waals surface area contributed by atoms with Gasteiger partial charge >= 0.3 is 0 Å². The number of aliphatic hydroxyl groups is 1. The lowest BCUT2D eigenvalue weighted by molar-refractivity contribution is -0.121. The van der Waals surface area contributed by atoms with Gasteiger partial charge in [-0.25, -0.2) is 0 Å². The van der Waals surface area contributed by atoms with Gasteiger partial charge in [0.25, 0.3) is 0 Å².